The summed E-state index contributed by atoms with van der Waals surface area (Å²) in [7, 11) is 0. The quantitative estimate of drug-likeness (QED) is 0.153. The van der Waals surface area contributed by atoms with Gasteiger partial charge in [-0.05, 0) is 167 Å². The van der Waals surface area contributed by atoms with E-state index in [9.17, 15) is 0 Å². The number of benzene rings is 10. The third kappa shape index (κ3) is 6.49. The van der Waals surface area contributed by atoms with Crippen LogP contribution in [-0.4, -0.2) is 12.1 Å². The van der Waals surface area contributed by atoms with Gasteiger partial charge in [0.25, 0.3) is 0 Å². The lowest BCUT2D eigenvalue weighted by atomic mass is 9.82. The van der Waals surface area contributed by atoms with Crippen molar-refractivity contribution in [3.05, 3.63) is 277 Å². The van der Waals surface area contributed by atoms with Crippen LogP contribution in [0.25, 0.3) is 77.3 Å². The topological polar surface area (TPSA) is 6.48 Å². The highest BCUT2D eigenvalue weighted by Crippen LogP contribution is 2.53. The first kappa shape index (κ1) is 41.1. The molecule has 2 heterocycles. The van der Waals surface area contributed by atoms with E-state index in [2.05, 4.69) is 265 Å². The minimum atomic E-state index is 0.185. The van der Waals surface area contributed by atoms with Crippen molar-refractivity contribution in [2.75, 3.05) is 9.80 Å². The normalized spacial score (nSPS) is 19.1. The molecule has 72 heavy (non-hydrogen) atoms. The summed E-state index contributed by atoms with van der Waals surface area (Å²) in [6, 6.07) is 75.9. The predicted molar refractivity (Wildman–Crippen MR) is 305 cm³/mol. The minimum Gasteiger partial charge on any atom is -0.333 e. The first-order chi connectivity index (χ1) is 35.7. The summed E-state index contributed by atoms with van der Waals surface area (Å²) >= 11 is 0. The molecule has 0 spiro atoms. The zero-order chi connectivity index (χ0) is 47.3. The monoisotopic (exact) mass is 918 g/mol. The number of rotatable bonds is 6. The Hall–Kier alpha value is -8.72. The van der Waals surface area contributed by atoms with Crippen molar-refractivity contribution in [1.82, 2.24) is 0 Å². The molecule has 2 aliphatic heterocycles. The van der Waals surface area contributed by atoms with Crippen LogP contribution in [-0.2, 0) is 6.42 Å². The molecule has 0 fully saturated rings. The number of hydrogen-bond donors (Lipinski definition) is 0. The lowest BCUT2D eigenvalue weighted by molar-refractivity contribution is 0.744. The lowest BCUT2D eigenvalue weighted by Gasteiger charge is -2.30. The van der Waals surface area contributed by atoms with Gasteiger partial charge in [0.05, 0.1) is 12.1 Å². The second-order valence-electron chi connectivity index (χ2n) is 20.2. The number of hydrogen-bond acceptors (Lipinski definition) is 2. The molecule has 0 saturated heterocycles. The molecule has 4 atom stereocenters. The molecule has 0 aromatic heterocycles. The third-order valence-electron chi connectivity index (χ3n) is 16.3. The van der Waals surface area contributed by atoms with Crippen LogP contribution in [0.1, 0.15) is 46.1 Å². The Morgan fingerprint density at radius 2 is 1.01 bits per heavy atom. The largest absolute Gasteiger partial charge is 0.333 e. The maximum Gasteiger partial charge on any atom is 0.0630 e. The van der Waals surface area contributed by atoms with Gasteiger partial charge in [0.1, 0.15) is 0 Å². The zero-order valence-electron chi connectivity index (χ0n) is 39.9. The third-order valence-corrected chi connectivity index (χ3v) is 16.3. The second kappa shape index (κ2) is 16.4. The van der Waals surface area contributed by atoms with Gasteiger partial charge >= 0.3 is 0 Å². The van der Waals surface area contributed by atoms with Crippen LogP contribution in [0.4, 0.5) is 22.7 Å². The van der Waals surface area contributed by atoms with Gasteiger partial charge in [-0.15, -0.1) is 0 Å². The summed E-state index contributed by atoms with van der Waals surface area (Å²) in [5.41, 5.74) is 20.6. The Bertz CT molecular complexity index is 4020. The van der Waals surface area contributed by atoms with Gasteiger partial charge in [-0.3, -0.25) is 0 Å². The van der Waals surface area contributed by atoms with Crippen molar-refractivity contribution >= 4 is 66.7 Å². The fourth-order valence-electron chi connectivity index (χ4n) is 13.0. The fraction of sp³-hybridized carbons (Fsp3) is 0.0857. The Morgan fingerprint density at radius 3 is 1.82 bits per heavy atom. The van der Waals surface area contributed by atoms with Crippen LogP contribution in [0.3, 0.4) is 0 Å². The molecule has 0 radical (unpaired) electrons. The molecule has 10 aromatic rings. The highest BCUT2D eigenvalue weighted by atomic mass is 15.2. The molecule has 2 nitrogen and oxygen atoms in total. The van der Waals surface area contributed by atoms with Crippen LogP contribution in [0.5, 0.6) is 0 Å². The van der Waals surface area contributed by atoms with Gasteiger partial charge in [-0.1, -0.05) is 200 Å². The van der Waals surface area contributed by atoms with Crippen LogP contribution in [0.15, 0.2) is 249 Å². The second-order valence-corrected chi connectivity index (χ2v) is 20.2. The molecule has 15 rings (SSSR count). The number of aryl methyl sites for hydroxylation is 1. The molecule has 0 N–H and O–H groups in total. The van der Waals surface area contributed by atoms with Crippen LogP contribution in [0.2, 0.25) is 0 Å². The van der Waals surface area contributed by atoms with Crippen molar-refractivity contribution in [3.63, 3.8) is 0 Å². The summed E-state index contributed by atoms with van der Waals surface area (Å²) < 4.78 is 0. The summed E-state index contributed by atoms with van der Waals surface area (Å²) in [5.74, 6) is 0.489. The maximum atomic E-state index is 2.58. The van der Waals surface area contributed by atoms with Crippen molar-refractivity contribution in [2.24, 2.45) is 0 Å². The van der Waals surface area contributed by atoms with E-state index in [1.165, 1.54) is 122 Å². The van der Waals surface area contributed by atoms with Crippen LogP contribution >= 0.6 is 0 Å². The maximum absolute atomic E-state index is 2.58. The van der Waals surface area contributed by atoms with Gasteiger partial charge in [0.2, 0.25) is 0 Å². The molecule has 4 unspecified atom stereocenters. The summed E-state index contributed by atoms with van der Waals surface area (Å²) in [4.78, 5) is 5.12. The van der Waals surface area contributed by atoms with E-state index in [4.69, 9.17) is 0 Å². The molecule has 5 aliphatic rings. The average Bonchev–Trinajstić information content (AvgIpc) is 3.96. The lowest BCUT2D eigenvalue weighted by Crippen LogP contribution is -2.28. The number of para-hydroxylation sites is 1. The molecule has 0 bridgehead atoms. The predicted octanol–water partition coefficient (Wildman–Crippen LogP) is 18.1. The molecule has 3 aliphatic carbocycles. The van der Waals surface area contributed by atoms with E-state index in [0.717, 1.165) is 12.8 Å². The number of nitrogens with zero attached hydrogens (tertiary/aromatic N) is 2. The van der Waals surface area contributed by atoms with E-state index in [1.807, 2.05) is 0 Å². The van der Waals surface area contributed by atoms with Gasteiger partial charge in [0.15, 0.2) is 0 Å². The summed E-state index contributed by atoms with van der Waals surface area (Å²) in [6.07, 6.45) is 23.4. The molecule has 2 heteroatoms. The Balaban J connectivity index is 0.870. The van der Waals surface area contributed by atoms with E-state index < -0.39 is 0 Å². The van der Waals surface area contributed by atoms with Gasteiger partial charge < -0.3 is 9.80 Å². The number of fused-ring (bicyclic) bond motifs is 10. The Kier molecular flexibility index (Phi) is 9.38. The van der Waals surface area contributed by atoms with Gasteiger partial charge in [-0.2, -0.15) is 0 Å². The molecule has 0 saturated carbocycles. The Morgan fingerprint density at radius 1 is 0.389 bits per heavy atom. The van der Waals surface area contributed by atoms with E-state index >= 15 is 0 Å². The number of anilines is 4. The first-order valence-corrected chi connectivity index (χ1v) is 25.7. The molecule has 10 aromatic carbocycles. The van der Waals surface area contributed by atoms with Crippen LogP contribution in [0, 0.1) is 0 Å². The van der Waals surface area contributed by atoms with Gasteiger partial charge in [0, 0.05) is 34.6 Å². The van der Waals surface area contributed by atoms with Crippen molar-refractivity contribution in [3.8, 4) is 33.4 Å². The van der Waals surface area contributed by atoms with Gasteiger partial charge in [-0.25, -0.2) is 0 Å². The molecular formula is C70H50N2. The molecule has 0 amide bonds. The van der Waals surface area contributed by atoms with Crippen LogP contribution < -0.4 is 9.80 Å². The number of allylic oxidation sites excluding steroid dienone is 5. The highest BCUT2D eigenvalue weighted by molar-refractivity contribution is 6.22. The molecular weight excluding hydrogens is 869 g/mol. The van der Waals surface area contributed by atoms with Crippen molar-refractivity contribution < 1.29 is 0 Å². The average molecular weight is 919 g/mol. The zero-order valence-corrected chi connectivity index (χ0v) is 39.9. The summed E-state index contributed by atoms with van der Waals surface area (Å²) in [6.45, 7) is 0. The van der Waals surface area contributed by atoms with Crippen molar-refractivity contribution in [1.29, 1.82) is 0 Å². The van der Waals surface area contributed by atoms with E-state index in [1.54, 1.807) is 0 Å². The minimum absolute atomic E-state index is 0.185. The van der Waals surface area contributed by atoms with E-state index in [-0.39, 0.29) is 23.9 Å². The van der Waals surface area contributed by atoms with E-state index in [0.29, 0.717) is 0 Å². The fourth-order valence-corrected chi connectivity index (χ4v) is 13.0. The Labute approximate surface area is 421 Å². The first-order valence-electron chi connectivity index (χ1n) is 25.7. The summed E-state index contributed by atoms with van der Waals surface area (Å²) in [5, 5.41) is 7.56. The van der Waals surface area contributed by atoms with Crippen molar-refractivity contribution in [2.45, 2.75) is 36.8 Å². The standard InChI is InChI=1S/C70H50N2/c1-3-17-47(18-4-1)69-59-35-29-52(54-32-38-68-62(42-54)58-24-12-14-26-66(58)72(68)56-34-28-46-16-8-10-22-50(46)40-56)44-64(59)70(48-19-5-2-6-20-48)60-36-30-51(43-63(60)69)53-31-37-67-61(41-53)57-23-11-13-25-65(57)71(67)55-33-27-45-15-7-9-21-49(45)39-55/h1-9,11-21,23-44,58,61,66-67H,10,22H2. The highest BCUT2D eigenvalue weighted by Gasteiger charge is 2.39. The SMILES string of the molecule is C1=CC2c3cc(-c4ccc5c(-c6ccccc6)c6cc(C7=CC8c9ccccc9N(c9ccc%10ccccc%10c9)C8C=C7)ccc6c(-c6ccccc6)c5c4)ccc3N(c3ccc4c(c3)CCC=C4)C2C=C1. The smallest absolute Gasteiger partial charge is 0.0630 e. The molecule has 340 valence electrons.